The number of phenols is 1. The van der Waals surface area contributed by atoms with E-state index in [1.165, 1.54) is 69.7 Å². The van der Waals surface area contributed by atoms with Gasteiger partial charge in [-0.1, -0.05) is 116 Å². The van der Waals surface area contributed by atoms with E-state index in [2.05, 4.69) is 66.1 Å². The van der Waals surface area contributed by atoms with Crippen molar-refractivity contribution < 1.29 is 168 Å². The fraction of sp³-hybridized carbons (Fsp3) is 0.312. The molecule has 143 heavy (non-hydrogen) atoms. The van der Waals surface area contributed by atoms with Crippen LogP contribution in [0.4, 0.5) is 62.7 Å². The zero-order valence-electron chi connectivity index (χ0n) is 77.7. The zero-order valence-corrected chi connectivity index (χ0v) is 84.8. The number of rotatable bonds is 25. The molecule has 10 aromatic rings. The fourth-order valence-electron chi connectivity index (χ4n) is 13.4. The normalized spacial score (nSPS) is 16.7. The second-order valence-electron chi connectivity index (χ2n) is 30.4. The van der Waals surface area contributed by atoms with Crippen molar-refractivity contribution in [3.05, 3.63) is 266 Å². The Labute approximate surface area is 863 Å². The predicted molar refractivity (Wildman–Crippen MR) is 518 cm³/mol. The number of nitrogens with zero attached hydrogens (tertiary/aromatic N) is 4. The van der Waals surface area contributed by atoms with E-state index in [9.17, 15) is 86.1 Å². The molecule has 10 aromatic carbocycles. The van der Waals surface area contributed by atoms with E-state index >= 15 is 0 Å². The average molecular weight is 2200 g/mol. The quantitative estimate of drug-likeness (QED) is 0.00356. The number of fused-ring (bicyclic) bond motifs is 4. The number of nitrogens with two attached hydrogens (primary N) is 1. The van der Waals surface area contributed by atoms with Gasteiger partial charge in [-0.25, -0.2) is 45.2 Å². The van der Waals surface area contributed by atoms with Crippen LogP contribution < -0.4 is 62.8 Å². The van der Waals surface area contributed by atoms with Gasteiger partial charge in [0.05, 0.1) is 82.7 Å². The number of phenolic OH excluding ortho intramolecular Hbond substituents is 1. The van der Waals surface area contributed by atoms with Crippen molar-refractivity contribution in [2.75, 3.05) is 36.7 Å². The summed E-state index contributed by atoms with van der Waals surface area (Å²) in [4.78, 5) is 74.8. The first-order valence-electron chi connectivity index (χ1n) is 42.8. The zero-order chi connectivity index (χ0) is 104. The second-order valence-corrected chi connectivity index (χ2v) is 38.6. The summed E-state index contributed by atoms with van der Waals surface area (Å²) in [7, 11) is -2.05. The molecular formula is C96H101BrCl3F8LiN6O24S4. The monoisotopic (exact) mass is 2190 g/mol. The summed E-state index contributed by atoms with van der Waals surface area (Å²) in [6.45, 7) is 8.04. The number of aromatic hydroxyl groups is 1. The Bertz CT molecular complexity index is 5900. The van der Waals surface area contributed by atoms with Crippen molar-refractivity contribution in [2.45, 2.75) is 183 Å². The number of benzene rings is 10. The molecule has 3 amide bonds. The molecule has 3 heterocycles. The minimum atomic E-state index is -4.23. The molecule has 0 bridgehead atoms. The van der Waals surface area contributed by atoms with Crippen molar-refractivity contribution in [1.29, 1.82) is 0 Å². The van der Waals surface area contributed by atoms with Crippen molar-refractivity contribution in [3.63, 3.8) is 0 Å². The Kier molecular flexibility index (Phi) is 49.4. The van der Waals surface area contributed by atoms with Crippen LogP contribution in [0.1, 0.15) is 97.6 Å². The van der Waals surface area contributed by atoms with Gasteiger partial charge in [0.15, 0.2) is 23.0 Å². The fourth-order valence-corrected chi connectivity index (χ4v) is 17.6. The summed E-state index contributed by atoms with van der Waals surface area (Å²) in [5.41, 5.74) is 11.1. The first kappa shape index (κ1) is 123. The summed E-state index contributed by atoms with van der Waals surface area (Å²) in [6.07, 6.45) is -9.38. The minimum absolute atomic E-state index is 0. The van der Waals surface area contributed by atoms with Crippen LogP contribution in [0.25, 0.3) is 0 Å². The van der Waals surface area contributed by atoms with Gasteiger partial charge in [-0.2, -0.15) is 49.1 Å². The molecule has 47 heteroatoms. The first-order chi connectivity index (χ1) is 66.7. The van der Waals surface area contributed by atoms with Gasteiger partial charge in [0.2, 0.25) is 10.0 Å². The summed E-state index contributed by atoms with van der Waals surface area (Å²) in [5.74, 6) is -1.82. The van der Waals surface area contributed by atoms with Gasteiger partial charge < -0.3 is 79.3 Å². The van der Waals surface area contributed by atoms with Crippen molar-refractivity contribution >= 4 is 152 Å². The number of carbonyl (C=O) groups excluding carboxylic acids is 7. The van der Waals surface area contributed by atoms with E-state index in [4.69, 9.17) is 69.2 Å². The molecule has 2 aliphatic carbocycles. The molecule has 768 valence electrons. The number of alkyl halides is 9. The molecule has 0 radical (unpaired) electrons. The van der Waals surface area contributed by atoms with Crippen LogP contribution in [0.3, 0.4) is 0 Å². The Hall–Kier alpha value is -10.9. The number of carbonyl (C=O) groups is 5. The van der Waals surface area contributed by atoms with Crippen LogP contribution in [-0.2, 0) is 73.6 Å². The maximum absolute atomic E-state index is 13.9. The maximum Gasteiger partial charge on any atom is 1.00 e. The van der Waals surface area contributed by atoms with Crippen LogP contribution in [0.15, 0.2) is 274 Å². The molecule has 0 unspecified atom stereocenters. The average Bonchev–Trinajstić information content (AvgIpc) is 1.53. The summed E-state index contributed by atoms with van der Waals surface area (Å²) in [5, 5.41) is 38.2. The van der Waals surface area contributed by atoms with Gasteiger partial charge in [0.25, 0.3) is 15.0 Å². The van der Waals surface area contributed by atoms with Crippen molar-refractivity contribution in [3.8, 4) is 46.0 Å². The van der Waals surface area contributed by atoms with E-state index < -0.39 is 113 Å². The number of aliphatic hydroxyl groups is 3. The van der Waals surface area contributed by atoms with Gasteiger partial charge in [-0.3, -0.25) is 4.79 Å². The Morgan fingerprint density at radius 2 is 0.818 bits per heavy atom. The number of hydrogen-bond donors (Lipinski definition) is 6. The SMILES string of the molecule is CC1(C)C(=O)N(Cl)C(=O)N1Cl.CCC(F)(F)Br.CCOC(=O)C(F)(F)Oc1ccc(S(=O)(=O)Cl)cc1.CCOC(=O)C(F)(F)Oc1ccc(S(=O)(=O)N[C@@H]2CCC[C@H](N3c4ccccc4Oc4ccccc43)[C@H]2O)cc1.CCOC(=O)C(F)(F)Oc1ccc(SCc2ccccc2)cc1.CO.N[C@@H]1CCC[C@H](N2c3ccccc3Oc3ccccc32)[C@H]1O.O=C=O.Oc1ccc(SCc2ccccc2)cc1.[Li+].[OH-]. The number of halogens is 12. The minimum Gasteiger partial charge on any atom is -0.870 e. The van der Waals surface area contributed by atoms with E-state index in [0.29, 0.717) is 40.9 Å². The van der Waals surface area contributed by atoms with E-state index in [1.807, 2.05) is 163 Å². The van der Waals surface area contributed by atoms with Crippen LogP contribution in [-0.4, -0.2) is 180 Å². The molecule has 6 atom stereocenters. The Morgan fingerprint density at radius 3 is 1.13 bits per heavy atom. The number of aliphatic hydroxyl groups excluding tert-OH is 3. The van der Waals surface area contributed by atoms with Gasteiger partial charge in [0, 0.05) is 75.1 Å². The van der Waals surface area contributed by atoms with Crippen LogP contribution in [0.5, 0.6) is 46.0 Å². The van der Waals surface area contributed by atoms with Gasteiger partial charge in [-0.15, -0.1) is 23.5 Å². The van der Waals surface area contributed by atoms with Crippen LogP contribution in [0, 0.1) is 0 Å². The van der Waals surface area contributed by atoms with Crippen LogP contribution >= 0.6 is 73.7 Å². The first-order valence-corrected chi connectivity index (χ1v) is 50.0. The van der Waals surface area contributed by atoms with Gasteiger partial charge in [0.1, 0.15) is 28.5 Å². The largest absolute Gasteiger partial charge is 1.00 e. The number of thioether (sulfide) groups is 2. The molecule has 2 saturated carbocycles. The van der Waals surface area contributed by atoms with Gasteiger partial charge in [-0.05, 0) is 246 Å². The molecular weight excluding hydrogens is 2090 g/mol. The molecule has 0 spiro atoms. The number of para-hydroxylation sites is 8. The number of esters is 3. The third kappa shape index (κ3) is 36.4. The molecule has 5 aliphatic rings. The number of imide groups is 1. The molecule has 15 rings (SSSR count). The molecule has 0 aromatic heterocycles. The smallest absolute Gasteiger partial charge is 0.870 e. The molecule has 30 nitrogen and oxygen atoms in total. The summed E-state index contributed by atoms with van der Waals surface area (Å²) in [6, 6.07) is 70.4. The molecule has 1 saturated heterocycles. The number of amides is 3. The summed E-state index contributed by atoms with van der Waals surface area (Å²) >= 11 is 16.3. The molecule has 3 aliphatic heterocycles. The number of anilines is 4. The van der Waals surface area contributed by atoms with E-state index in [0.717, 1.165) is 130 Å². The number of nitrogens with one attached hydrogen (secondary N) is 1. The molecule has 8 N–H and O–H groups in total. The number of sulfonamides is 1. The van der Waals surface area contributed by atoms with Gasteiger partial charge >= 0.3 is 72.1 Å². The van der Waals surface area contributed by atoms with Crippen LogP contribution in [0.2, 0.25) is 0 Å². The van der Waals surface area contributed by atoms with E-state index in [-0.39, 0.29) is 84.4 Å². The predicted octanol–water partition coefficient (Wildman–Crippen LogP) is 17.8. The van der Waals surface area contributed by atoms with Crippen molar-refractivity contribution in [1.82, 2.24) is 13.6 Å². The van der Waals surface area contributed by atoms with E-state index in [1.54, 1.807) is 47.8 Å². The third-order valence-electron chi connectivity index (χ3n) is 20.2. The maximum atomic E-state index is 13.9. The summed E-state index contributed by atoms with van der Waals surface area (Å²) < 4.78 is 194. The Balaban J connectivity index is 0.000000307. The standard InChI is InChI=1S/C28H28F2N2O7S.C18H20N2O2.C17H16F2O3S.C13H12OS.C10H9ClF2O5S.C5H6Cl2N2O2.C3H5BrF2.CO2.CH4O.Li.H2O/c1-2-37-27(34)28(29,30)39-18-14-16-19(17-15-18)40(35,36)31-20-8-7-11-23(26(20)33)32-21-9-3-5-12-24(21)38-25-13-6-4-10-22(25)32;19-12-6-5-9-15(18(12)21)20-13-7-1-3-10-16(13)22-17-11-4-2-8-14(17)20;1-2-21-16(20)17(18,19)22-14-8-10-15(11-9-14)23-12-13-6-4-3-5-7-13;14-12-6-8-13(9-7-12)15-10-11-4-2-1-3-5-11;1-2-17-9(14)10(12,13)18-7-3-5-8(6-4-7)19(11,15)16;1-5(2)3(10)8(6)4(11)9(5)7;1-2-3(4,5)6;2-1-3;1-2;;/h3-6,9-10,12-17,20,23,26,31,33H,2,7-8,11H2,1H3;1-4,7-8,10-12,15,18,21H,5-6,9,19H2;3-11H,2,12H2,1H3;1-9,14H,10H2;3-6H,2H2,1H3;1-2H3;2H2,1H3;;2H,1H3;;1H2/q;;;;;;;;;+1;/p-1/t20-,23+,26+;12-,15+,18+;;;;;;;;;/m11........./s1. The Morgan fingerprint density at radius 1 is 0.510 bits per heavy atom. The topological polar surface area (TPSA) is 424 Å². The number of urea groups is 1. The number of ether oxygens (including phenoxy) is 8. The molecule has 3 fully saturated rings. The number of hydrogen-bond acceptors (Lipinski definition) is 29. The second kappa shape index (κ2) is 57.7. The third-order valence-corrected chi connectivity index (χ3v) is 26.7. The van der Waals surface area contributed by atoms with Crippen molar-refractivity contribution in [2.24, 2.45) is 5.73 Å².